The maximum atomic E-state index is 11.9. The van der Waals surface area contributed by atoms with Crippen LogP contribution in [0, 0.1) is 20.0 Å². The summed E-state index contributed by atoms with van der Waals surface area (Å²) in [5.74, 6) is 0. The van der Waals surface area contributed by atoms with Crippen molar-refractivity contribution in [1.82, 2.24) is 0 Å². The molecule has 96 valence electrons. The molecule has 0 bridgehead atoms. The average molecular weight is 317 g/mol. The molecule has 1 aromatic rings. The summed E-state index contributed by atoms with van der Waals surface area (Å²) in [7, 11) is 0. The minimum Gasteiger partial charge on any atom is 0 e. The Morgan fingerprint density at radius 3 is 1.33 bits per heavy atom. The number of halogens is 4. The zero-order valence-corrected chi connectivity index (χ0v) is 10.5. The Balaban J connectivity index is -0.000000123. The Hall–Kier alpha value is -0.948. The maximum Gasteiger partial charge on any atom is 0 e. The van der Waals surface area contributed by atoms with Gasteiger partial charge in [-0.25, -0.2) is 0 Å². The third-order valence-corrected chi connectivity index (χ3v) is 1.42. The van der Waals surface area contributed by atoms with Gasteiger partial charge in [-0.2, -0.15) is 13.2 Å². The molecule has 0 radical (unpaired) electrons. The van der Waals surface area contributed by atoms with Crippen molar-refractivity contribution in [3.8, 4) is 0 Å². The third kappa shape index (κ3) is 13.1. The molecule has 0 heterocycles. The SMILES string of the molecule is FC(F)(F)c1ccc(Cl)cc1.[C-]#[O+].[C-]#[O+].[C-]#[O+].[Cr]. The van der Waals surface area contributed by atoms with Crippen molar-refractivity contribution in [2.45, 2.75) is 6.18 Å². The van der Waals surface area contributed by atoms with Crippen LogP contribution < -0.4 is 0 Å². The van der Waals surface area contributed by atoms with Crippen molar-refractivity contribution in [2.75, 3.05) is 0 Å². The van der Waals surface area contributed by atoms with E-state index in [4.69, 9.17) is 25.6 Å². The second-order valence-electron chi connectivity index (χ2n) is 2.00. The van der Waals surface area contributed by atoms with Crippen molar-refractivity contribution in [1.29, 1.82) is 0 Å². The van der Waals surface area contributed by atoms with Crippen LogP contribution >= 0.6 is 11.6 Å². The van der Waals surface area contributed by atoms with E-state index in [-0.39, 0.29) is 17.4 Å². The van der Waals surface area contributed by atoms with E-state index in [0.29, 0.717) is 5.02 Å². The smallest absolute Gasteiger partial charge is 0 e. The number of rotatable bonds is 0. The van der Waals surface area contributed by atoms with Gasteiger partial charge < -0.3 is 0 Å². The van der Waals surface area contributed by atoms with Gasteiger partial charge in [-0.05, 0) is 24.3 Å². The fourth-order valence-electron chi connectivity index (χ4n) is 0.639. The zero-order chi connectivity index (χ0) is 14.5. The quantitative estimate of drug-likeness (QED) is 0.521. The van der Waals surface area contributed by atoms with Gasteiger partial charge in [-0.3, -0.25) is 0 Å². The molecule has 0 spiro atoms. The molecule has 1 aromatic carbocycles. The molecule has 18 heavy (non-hydrogen) atoms. The first kappa shape index (κ1) is 25.8. The Morgan fingerprint density at radius 1 is 0.833 bits per heavy atom. The third-order valence-electron chi connectivity index (χ3n) is 1.17. The van der Waals surface area contributed by atoms with Crippen molar-refractivity contribution >= 4 is 11.6 Å². The predicted octanol–water partition coefficient (Wildman–Crippen LogP) is 3.24. The van der Waals surface area contributed by atoms with Gasteiger partial charge in [0.1, 0.15) is 0 Å². The van der Waals surface area contributed by atoms with E-state index in [2.05, 4.69) is 20.0 Å². The topological polar surface area (TPSA) is 59.7 Å². The number of alkyl halides is 3. The summed E-state index contributed by atoms with van der Waals surface area (Å²) < 4.78 is 58.1. The maximum absolute atomic E-state index is 11.9. The van der Waals surface area contributed by atoms with E-state index >= 15 is 0 Å². The first-order valence-electron chi connectivity index (χ1n) is 3.44. The van der Waals surface area contributed by atoms with Crippen LogP contribution in [0.25, 0.3) is 0 Å². The fourth-order valence-corrected chi connectivity index (χ4v) is 0.765. The van der Waals surface area contributed by atoms with Gasteiger partial charge in [0, 0.05) is 22.4 Å². The van der Waals surface area contributed by atoms with Crippen LogP contribution in [0.3, 0.4) is 0 Å². The summed E-state index contributed by atoms with van der Waals surface area (Å²) >= 11 is 5.39. The minimum atomic E-state index is -4.27. The van der Waals surface area contributed by atoms with Crippen LogP contribution in [0.2, 0.25) is 5.02 Å². The second kappa shape index (κ2) is 16.1. The Labute approximate surface area is 117 Å². The molecule has 0 atom stereocenters. The molecule has 8 heteroatoms. The van der Waals surface area contributed by atoms with E-state index < -0.39 is 11.7 Å². The molecule has 0 amide bonds. The predicted molar refractivity (Wildman–Crippen MR) is 48.2 cm³/mol. The van der Waals surface area contributed by atoms with Crippen molar-refractivity contribution in [3.63, 3.8) is 0 Å². The van der Waals surface area contributed by atoms with Crippen LogP contribution in [-0.2, 0) is 37.5 Å². The molecule has 0 aliphatic carbocycles. The molecular weight excluding hydrogens is 313 g/mol. The van der Waals surface area contributed by atoms with E-state index in [1.807, 2.05) is 0 Å². The van der Waals surface area contributed by atoms with Gasteiger partial charge in [0.05, 0.1) is 5.56 Å². The second-order valence-corrected chi connectivity index (χ2v) is 2.44. The summed E-state index contributed by atoms with van der Waals surface area (Å²) in [5.41, 5.74) is -0.679. The number of benzene rings is 1. The van der Waals surface area contributed by atoms with E-state index in [1.54, 1.807) is 0 Å². The van der Waals surface area contributed by atoms with Gasteiger partial charge in [0.15, 0.2) is 0 Å². The normalized spacial score (nSPS) is 7.44. The largest absolute Gasteiger partial charge is 0 e. The monoisotopic (exact) mass is 316 g/mol. The number of hydrogen-bond donors (Lipinski definition) is 0. The molecule has 0 aliphatic rings. The van der Waals surface area contributed by atoms with Gasteiger partial charge in [0.25, 0.3) is 0 Å². The van der Waals surface area contributed by atoms with Crippen molar-refractivity contribution in [2.24, 2.45) is 0 Å². The van der Waals surface area contributed by atoms with Gasteiger partial charge in [-0.1, -0.05) is 11.6 Å². The molecule has 0 unspecified atom stereocenters. The molecule has 0 saturated carbocycles. The van der Waals surface area contributed by atoms with E-state index in [0.717, 1.165) is 12.1 Å². The van der Waals surface area contributed by atoms with Crippen molar-refractivity contribution in [3.05, 3.63) is 54.8 Å². The molecule has 0 aromatic heterocycles. The average Bonchev–Trinajstić information content (AvgIpc) is 2.36. The fraction of sp³-hybridized carbons (Fsp3) is 0.100. The van der Waals surface area contributed by atoms with Gasteiger partial charge in [-0.15, -0.1) is 0 Å². The molecule has 1 rings (SSSR count). The Bertz CT molecular complexity index is 343. The van der Waals surface area contributed by atoms with E-state index in [9.17, 15) is 13.2 Å². The van der Waals surface area contributed by atoms with Gasteiger partial charge in [0.2, 0.25) is 0 Å². The number of hydrogen-bond acceptors (Lipinski definition) is 0. The first-order chi connectivity index (χ1) is 8.00. The van der Waals surface area contributed by atoms with Crippen LogP contribution in [0.4, 0.5) is 13.2 Å². The molecule has 0 aliphatic heterocycles. The summed E-state index contributed by atoms with van der Waals surface area (Å²) in [6.45, 7) is 13.5. The van der Waals surface area contributed by atoms with Gasteiger partial charge >= 0.3 is 40.1 Å². The zero-order valence-electron chi connectivity index (χ0n) is 8.45. The Kier molecular flexibility index (Phi) is 23.0. The van der Waals surface area contributed by atoms with Crippen LogP contribution in [0.15, 0.2) is 24.3 Å². The van der Waals surface area contributed by atoms with Crippen LogP contribution in [-0.4, -0.2) is 0 Å². The first-order valence-corrected chi connectivity index (χ1v) is 3.82. The summed E-state index contributed by atoms with van der Waals surface area (Å²) in [6, 6.07) is 4.32. The van der Waals surface area contributed by atoms with Crippen LogP contribution in [0.1, 0.15) is 5.56 Å². The Morgan fingerprint density at radius 2 is 1.11 bits per heavy atom. The molecule has 0 N–H and O–H groups in total. The van der Waals surface area contributed by atoms with Crippen molar-refractivity contribution < 1.29 is 44.5 Å². The summed E-state index contributed by atoms with van der Waals surface area (Å²) in [4.78, 5) is 0. The molecule has 0 saturated heterocycles. The van der Waals surface area contributed by atoms with Crippen LogP contribution in [0.5, 0.6) is 0 Å². The summed E-state index contributed by atoms with van der Waals surface area (Å²) in [5, 5.41) is 0.304. The standard InChI is InChI=1S/C7H4ClF3.3CO.Cr/c8-6-3-1-5(2-4-6)7(9,10)11;3*1-2;/h1-4H;;;;. The molecule has 3 nitrogen and oxygen atoms in total. The van der Waals surface area contributed by atoms with E-state index in [1.165, 1.54) is 12.1 Å². The molecule has 0 fully saturated rings. The summed E-state index contributed by atoms with van der Waals surface area (Å²) in [6.07, 6.45) is -4.27. The minimum absolute atomic E-state index is 0. The molecular formula is C10H4ClCrF3O3.